The van der Waals surface area contributed by atoms with Crippen molar-refractivity contribution in [2.75, 3.05) is 6.61 Å². The fraction of sp³-hybridized carbons (Fsp3) is 0.200. The van der Waals surface area contributed by atoms with Crippen LogP contribution in [-0.2, 0) is 11.3 Å². The summed E-state index contributed by atoms with van der Waals surface area (Å²) in [6.45, 7) is 4.82. The number of hydrogen-bond acceptors (Lipinski definition) is 3. The summed E-state index contributed by atoms with van der Waals surface area (Å²) in [5.41, 5.74) is 3.63. The summed E-state index contributed by atoms with van der Waals surface area (Å²) in [5, 5.41) is 0. The van der Waals surface area contributed by atoms with Gasteiger partial charge in [0.2, 0.25) is 0 Å². The minimum absolute atomic E-state index is 0.337. The molecule has 0 fully saturated rings. The number of carbonyl (C=O) groups is 1. The minimum atomic E-state index is -0.390. The second kappa shape index (κ2) is 7.13. The van der Waals surface area contributed by atoms with Gasteiger partial charge in [0.1, 0.15) is 5.82 Å². The lowest BCUT2D eigenvalue weighted by Crippen LogP contribution is -2.04. The van der Waals surface area contributed by atoms with E-state index in [1.54, 1.807) is 13.1 Å². The average Bonchev–Trinajstić information content (AvgIpc) is 3.00. The highest BCUT2D eigenvalue weighted by atomic mass is 16.5. The molecule has 24 heavy (non-hydrogen) atoms. The molecule has 122 valence electrons. The molecule has 0 saturated heterocycles. The zero-order valence-corrected chi connectivity index (χ0v) is 13.9. The van der Waals surface area contributed by atoms with E-state index in [2.05, 4.69) is 17.1 Å². The van der Waals surface area contributed by atoms with Crippen LogP contribution in [0, 0.1) is 6.92 Å². The van der Waals surface area contributed by atoms with E-state index >= 15 is 0 Å². The molecule has 4 nitrogen and oxygen atoms in total. The molecule has 0 unspecified atom stereocenters. The van der Waals surface area contributed by atoms with Gasteiger partial charge in [0.25, 0.3) is 0 Å². The van der Waals surface area contributed by atoms with E-state index in [1.165, 1.54) is 0 Å². The number of aryl methyl sites for hydroxylation is 1. The van der Waals surface area contributed by atoms with E-state index in [9.17, 15) is 4.79 Å². The van der Waals surface area contributed by atoms with Gasteiger partial charge in [0.05, 0.1) is 6.61 Å². The molecule has 1 heterocycles. The number of hydrogen-bond donors (Lipinski definition) is 0. The number of aromatic nitrogens is 2. The standard InChI is InChI=1S/C20H20N2O2/c1-3-24-20(23)18-14-22(13-16-10-5-4-6-11-16)19(21-18)17-12-8-7-9-15(17)2/h4-12,14H,3,13H2,1-2H3. The lowest BCUT2D eigenvalue weighted by atomic mass is 10.1. The fourth-order valence-corrected chi connectivity index (χ4v) is 2.66. The smallest absolute Gasteiger partial charge is 0.358 e. The van der Waals surface area contributed by atoms with E-state index in [0.29, 0.717) is 18.8 Å². The van der Waals surface area contributed by atoms with Gasteiger partial charge in [0.15, 0.2) is 5.69 Å². The van der Waals surface area contributed by atoms with Crippen LogP contribution in [0.2, 0.25) is 0 Å². The average molecular weight is 320 g/mol. The Morgan fingerprint density at radius 3 is 2.50 bits per heavy atom. The highest BCUT2D eigenvalue weighted by molar-refractivity contribution is 5.88. The van der Waals surface area contributed by atoms with Crippen molar-refractivity contribution < 1.29 is 9.53 Å². The monoisotopic (exact) mass is 320 g/mol. The van der Waals surface area contributed by atoms with Crippen LogP contribution in [0.5, 0.6) is 0 Å². The van der Waals surface area contributed by atoms with Crippen LogP contribution >= 0.6 is 0 Å². The van der Waals surface area contributed by atoms with E-state index in [0.717, 1.165) is 22.5 Å². The molecule has 0 aliphatic carbocycles. The number of ether oxygens (including phenoxy) is 1. The Bertz CT molecular complexity index is 838. The summed E-state index contributed by atoms with van der Waals surface area (Å²) >= 11 is 0. The lowest BCUT2D eigenvalue weighted by molar-refractivity contribution is 0.0520. The Morgan fingerprint density at radius 1 is 1.08 bits per heavy atom. The fourth-order valence-electron chi connectivity index (χ4n) is 2.66. The summed E-state index contributed by atoms with van der Waals surface area (Å²) in [6.07, 6.45) is 1.77. The largest absolute Gasteiger partial charge is 0.461 e. The molecule has 2 aromatic carbocycles. The molecule has 0 atom stereocenters. The maximum absolute atomic E-state index is 12.1. The number of carbonyl (C=O) groups excluding carboxylic acids is 1. The third-order valence-corrected chi connectivity index (χ3v) is 3.84. The molecular formula is C20H20N2O2. The van der Waals surface area contributed by atoms with Gasteiger partial charge < -0.3 is 9.30 Å². The van der Waals surface area contributed by atoms with Gasteiger partial charge in [-0.15, -0.1) is 0 Å². The number of esters is 1. The summed E-state index contributed by atoms with van der Waals surface area (Å²) in [4.78, 5) is 16.6. The van der Waals surface area contributed by atoms with Crippen LogP contribution in [0.1, 0.15) is 28.5 Å². The number of imidazole rings is 1. The second-order valence-corrected chi connectivity index (χ2v) is 5.60. The highest BCUT2D eigenvalue weighted by Gasteiger charge is 2.17. The first-order chi connectivity index (χ1) is 11.7. The molecule has 0 aliphatic heterocycles. The Morgan fingerprint density at radius 2 is 1.79 bits per heavy atom. The molecule has 0 aliphatic rings. The topological polar surface area (TPSA) is 44.1 Å². The van der Waals surface area contributed by atoms with Crippen LogP contribution in [0.25, 0.3) is 11.4 Å². The van der Waals surface area contributed by atoms with Crippen molar-refractivity contribution in [1.29, 1.82) is 0 Å². The minimum Gasteiger partial charge on any atom is -0.461 e. The Hall–Kier alpha value is -2.88. The van der Waals surface area contributed by atoms with Crippen molar-refractivity contribution in [2.24, 2.45) is 0 Å². The molecule has 0 saturated carbocycles. The Kier molecular flexibility index (Phi) is 4.75. The zero-order chi connectivity index (χ0) is 16.9. The van der Waals surface area contributed by atoms with Crippen molar-refractivity contribution in [3.63, 3.8) is 0 Å². The SMILES string of the molecule is CCOC(=O)c1cn(Cc2ccccc2)c(-c2ccccc2C)n1. The van der Waals surface area contributed by atoms with Crippen LogP contribution < -0.4 is 0 Å². The van der Waals surface area contributed by atoms with Crippen molar-refractivity contribution in [3.05, 3.63) is 77.6 Å². The van der Waals surface area contributed by atoms with Crippen LogP contribution in [0.4, 0.5) is 0 Å². The van der Waals surface area contributed by atoms with E-state index in [4.69, 9.17) is 4.74 Å². The van der Waals surface area contributed by atoms with Crippen molar-refractivity contribution in [1.82, 2.24) is 9.55 Å². The van der Waals surface area contributed by atoms with Gasteiger partial charge in [-0.25, -0.2) is 9.78 Å². The summed E-state index contributed by atoms with van der Waals surface area (Å²) in [5.74, 6) is 0.388. The molecule has 3 aromatic rings. The van der Waals surface area contributed by atoms with Crippen LogP contribution in [0.3, 0.4) is 0 Å². The van der Waals surface area contributed by atoms with Gasteiger partial charge in [-0.05, 0) is 25.0 Å². The van der Waals surface area contributed by atoms with Crippen molar-refractivity contribution in [2.45, 2.75) is 20.4 Å². The predicted molar refractivity (Wildman–Crippen MR) is 93.9 cm³/mol. The number of rotatable bonds is 5. The molecule has 1 aromatic heterocycles. The quantitative estimate of drug-likeness (QED) is 0.665. The van der Waals surface area contributed by atoms with Gasteiger partial charge in [0, 0.05) is 18.3 Å². The Labute approximate surface area is 141 Å². The first-order valence-corrected chi connectivity index (χ1v) is 8.03. The van der Waals surface area contributed by atoms with E-state index in [-0.39, 0.29) is 5.97 Å². The lowest BCUT2D eigenvalue weighted by Gasteiger charge is -2.09. The normalized spacial score (nSPS) is 10.6. The van der Waals surface area contributed by atoms with Gasteiger partial charge in [-0.2, -0.15) is 0 Å². The van der Waals surface area contributed by atoms with E-state index < -0.39 is 0 Å². The first kappa shape index (κ1) is 16.0. The number of nitrogens with zero attached hydrogens (tertiary/aromatic N) is 2. The third kappa shape index (κ3) is 3.38. The number of benzene rings is 2. The Balaban J connectivity index is 2.05. The van der Waals surface area contributed by atoms with Crippen molar-refractivity contribution in [3.8, 4) is 11.4 Å². The maximum atomic E-state index is 12.1. The molecule has 0 bridgehead atoms. The zero-order valence-electron chi connectivity index (χ0n) is 13.9. The molecule has 4 heteroatoms. The molecule has 0 radical (unpaired) electrons. The van der Waals surface area contributed by atoms with Crippen LogP contribution in [0.15, 0.2) is 60.8 Å². The van der Waals surface area contributed by atoms with Gasteiger partial charge in [-0.1, -0.05) is 54.6 Å². The summed E-state index contributed by atoms with van der Waals surface area (Å²) in [7, 11) is 0. The molecule has 0 spiro atoms. The third-order valence-electron chi connectivity index (χ3n) is 3.84. The molecular weight excluding hydrogens is 300 g/mol. The highest BCUT2D eigenvalue weighted by Crippen LogP contribution is 2.24. The van der Waals surface area contributed by atoms with Gasteiger partial charge >= 0.3 is 5.97 Å². The first-order valence-electron chi connectivity index (χ1n) is 8.03. The summed E-state index contributed by atoms with van der Waals surface area (Å²) in [6, 6.07) is 18.2. The van der Waals surface area contributed by atoms with E-state index in [1.807, 2.05) is 54.0 Å². The summed E-state index contributed by atoms with van der Waals surface area (Å²) < 4.78 is 7.10. The predicted octanol–water partition coefficient (Wildman–Crippen LogP) is 4.08. The van der Waals surface area contributed by atoms with Crippen molar-refractivity contribution >= 4 is 5.97 Å². The molecule has 0 amide bonds. The van der Waals surface area contributed by atoms with Crippen LogP contribution in [-0.4, -0.2) is 22.1 Å². The molecule has 3 rings (SSSR count). The van der Waals surface area contributed by atoms with Gasteiger partial charge in [-0.3, -0.25) is 0 Å². The maximum Gasteiger partial charge on any atom is 0.358 e. The second-order valence-electron chi connectivity index (χ2n) is 5.60. The molecule has 0 N–H and O–H groups in total.